The highest BCUT2D eigenvalue weighted by atomic mass is 32.2. The second-order valence-corrected chi connectivity index (χ2v) is 11.4. The maximum atomic E-state index is 13.3. The summed E-state index contributed by atoms with van der Waals surface area (Å²) in [6.07, 6.45) is 2.72. The number of hydrogen-bond donors (Lipinski definition) is 0. The number of benzene rings is 1. The molecule has 0 radical (unpaired) electrons. The molecule has 0 aliphatic carbocycles. The van der Waals surface area contributed by atoms with E-state index in [1.54, 1.807) is 28.7 Å². The second-order valence-electron chi connectivity index (χ2n) is 9.48. The number of carbonyl (C=O) groups excluding carboxylic acids is 1. The van der Waals surface area contributed by atoms with E-state index in [1.165, 1.54) is 4.90 Å². The van der Waals surface area contributed by atoms with Gasteiger partial charge in [0.1, 0.15) is 11.4 Å². The number of nitrogens with zero attached hydrogens (tertiary/aromatic N) is 3. The summed E-state index contributed by atoms with van der Waals surface area (Å²) in [5.41, 5.74) is 1.22. The van der Waals surface area contributed by atoms with Crippen LogP contribution in [0.2, 0.25) is 0 Å². The molecule has 174 valence electrons. The van der Waals surface area contributed by atoms with Gasteiger partial charge >= 0.3 is 6.09 Å². The predicted octanol–water partition coefficient (Wildman–Crippen LogP) is 5.07. The molecule has 1 aromatic heterocycles. The fraction of sp³-hybridized carbons (Fsp3) is 0.500. The van der Waals surface area contributed by atoms with Crippen molar-refractivity contribution in [2.45, 2.75) is 77.0 Å². The van der Waals surface area contributed by atoms with Gasteiger partial charge < -0.3 is 4.74 Å². The number of aryl methyl sites for hydroxylation is 1. The zero-order valence-corrected chi connectivity index (χ0v) is 20.5. The number of pyridine rings is 1. The van der Waals surface area contributed by atoms with Gasteiger partial charge in [-0.3, -0.25) is 4.90 Å². The van der Waals surface area contributed by atoms with Gasteiger partial charge in [-0.2, -0.15) is 4.31 Å². The number of aromatic nitrogens is 1. The average molecular weight is 460 g/mol. The molecule has 1 aromatic carbocycles. The Balaban J connectivity index is 1.85. The maximum Gasteiger partial charge on any atom is 0.416 e. The van der Waals surface area contributed by atoms with Crippen molar-refractivity contribution in [2.24, 2.45) is 0 Å². The zero-order chi connectivity index (χ0) is 23.7. The molecule has 7 nitrogen and oxygen atoms in total. The van der Waals surface area contributed by atoms with Crippen LogP contribution in [-0.4, -0.2) is 42.0 Å². The lowest BCUT2D eigenvalue weighted by atomic mass is 10.1. The molecule has 1 saturated heterocycles. The quantitative estimate of drug-likeness (QED) is 0.624. The first kappa shape index (κ1) is 24.2. The highest BCUT2D eigenvalue weighted by Gasteiger charge is 2.36. The Hall–Kier alpha value is -2.45. The summed E-state index contributed by atoms with van der Waals surface area (Å²) < 4.78 is 33.6. The topological polar surface area (TPSA) is 79.8 Å². The average Bonchev–Trinajstić information content (AvgIpc) is 3.18. The first-order chi connectivity index (χ1) is 14.9. The van der Waals surface area contributed by atoms with Gasteiger partial charge in [-0.05, 0) is 78.1 Å². The molecule has 1 fully saturated rings. The minimum Gasteiger partial charge on any atom is -0.443 e. The van der Waals surface area contributed by atoms with Crippen LogP contribution in [0.4, 0.5) is 10.6 Å². The fourth-order valence-electron chi connectivity index (χ4n) is 3.82. The van der Waals surface area contributed by atoms with Gasteiger partial charge in [-0.1, -0.05) is 23.8 Å². The molecule has 1 amide bonds. The molecule has 0 N–H and O–H groups in total. The van der Waals surface area contributed by atoms with E-state index < -0.39 is 21.7 Å². The normalized spacial score (nSPS) is 17.5. The molecule has 8 heteroatoms. The van der Waals surface area contributed by atoms with Gasteiger partial charge in [0.2, 0.25) is 10.0 Å². The van der Waals surface area contributed by atoms with Crippen LogP contribution >= 0.6 is 0 Å². The third kappa shape index (κ3) is 5.30. The molecule has 1 unspecified atom stereocenters. The number of ether oxygens (including phenoxy) is 1. The van der Waals surface area contributed by atoms with Gasteiger partial charge in [0.15, 0.2) is 0 Å². The first-order valence-corrected chi connectivity index (χ1v) is 12.4. The molecular weight excluding hydrogens is 426 g/mol. The fourth-order valence-corrected chi connectivity index (χ4v) is 5.51. The van der Waals surface area contributed by atoms with Crippen molar-refractivity contribution in [2.75, 3.05) is 11.4 Å². The molecule has 2 heterocycles. The van der Waals surface area contributed by atoms with E-state index >= 15 is 0 Å². The van der Waals surface area contributed by atoms with E-state index in [-0.39, 0.29) is 12.1 Å². The minimum atomic E-state index is -3.61. The Morgan fingerprint density at radius 1 is 1.16 bits per heavy atom. The molecule has 0 saturated carbocycles. The summed E-state index contributed by atoms with van der Waals surface area (Å²) in [6, 6.07) is 10.1. The lowest BCUT2D eigenvalue weighted by Gasteiger charge is -2.30. The van der Waals surface area contributed by atoms with Crippen LogP contribution in [0.5, 0.6) is 0 Å². The second kappa shape index (κ2) is 9.19. The Bertz CT molecular complexity index is 1040. The van der Waals surface area contributed by atoms with Crippen LogP contribution in [0.25, 0.3) is 0 Å². The number of sulfonamides is 1. The van der Waals surface area contributed by atoms with Gasteiger partial charge in [0.25, 0.3) is 0 Å². The molecule has 32 heavy (non-hydrogen) atoms. The van der Waals surface area contributed by atoms with Crippen molar-refractivity contribution in [3.63, 3.8) is 0 Å². The first-order valence-electron chi connectivity index (χ1n) is 11.0. The van der Waals surface area contributed by atoms with E-state index in [0.717, 1.165) is 24.0 Å². The molecule has 1 aliphatic rings. The van der Waals surface area contributed by atoms with E-state index in [9.17, 15) is 13.2 Å². The highest BCUT2D eigenvalue weighted by Crippen LogP contribution is 2.36. The molecular formula is C24H33N3O4S. The Labute approximate surface area is 191 Å². The van der Waals surface area contributed by atoms with Gasteiger partial charge in [-0.15, -0.1) is 0 Å². The largest absolute Gasteiger partial charge is 0.443 e. The number of amides is 1. The molecule has 2 aromatic rings. The van der Waals surface area contributed by atoms with Crippen LogP contribution in [-0.2, 0) is 14.8 Å². The van der Waals surface area contributed by atoms with Crippen molar-refractivity contribution in [3.05, 3.63) is 53.7 Å². The van der Waals surface area contributed by atoms with E-state index in [2.05, 4.69) is 4.98 Å². The van der Waals surface area contributed by atoms with Crippen LogP contribution in [0.3, 0.4) is 0 Å². The summed E-state index contributed by atoms with van der Waals surface area (Å²) in [6.45, 7) is 11.7. The predicted molar refractivity (Wildman–Crippen MR) is 125 cm³/mol. The van der Waals surface area contributed by atoms with Crippen LogP contribution < -0.4 is 4.90 Å². The summed E-state index contributed by atoms with van der Waals surface area (Å²) in [7, 11) is -3.61. The summed E-state index contributed by atoms with van der Waals surface area (Å²) in [5.74, 6) is 0.476. The number of carbonyl (C=O) groups is 1. The zero-order valence-electron chi connectivity index (χ0n) is 19.7. The third-order valence-corrected chi connectivity index (χ3v) is 7.26. The van der Waals surface area contributed by atoms with Gasteiger partial charge in [0, 0.05) is 18.8 Å². The summed E-state index contributed by atoms with van der Waals surface area (Å²) in [4.78, 5) is 19.0. The number of anilines is 1. The molecule has 3 rings (SSSR count). The van der Waals surface area contributed by atoms with E-state index in [4.69, 9.17) is 4.74 Å². The number of rotatable bonds is 5. The minimum absolute atomic E-state index is 0.145. The Kier molecular flexibility index (Phi) is 6.95. The van der Waals surface area contributed by atoms with Crippen molar-refractivity contribution in [1.29, 1.82) is 0 Å². The smallest absolute Gasteiger partial charge is 0.416 e. The molecule has 0 bridgehead atoms. The Morgan fingerprint density at radius 2 is 1.81 bits per heavy atom. The maximum absolute atomic E-state index is 13.3. The van der Waals surface area contributed by atoms with Crippen LogP contribution in [0, 0.1) is 6.92 Å². The molecule has 1 aliphatic heterocycles. The lowest BCUT2D eigenvalue weighted by Crippen LogP contribution is -2.41. The number of hydrogen-bond acceptors (Lipinski definition) is 5. The Morgan fingerprint density at radius 3 is 2.34 bits per heavy atom. The van der Waals surface area contributed by atoms with Crippen molar-refractivity contribution in [1.82, 2.24) is 9.29 Å². The van der Waals surface area contributed by atoms with Gasteiger partial charge in [-0.25, -0.2) is 18.2 Å². The van der Waals surface area contributed by atoms with Crippen molar-refractivity contribution < 1.29 is 17.9 Å². The van der Waals surface area contributed by atoms with E-state index in [0.29, 0.717) is 17.3 Å². The summed E-state index contributed by atoms with van der Waals surface area (Å²) >= 11 is 0. The third-order valence-electron chi connectivity index (χ3n) is 5.34. The van der Waals surface area contributed by atoms with Crippen molar-refractivity contribution >= 4 is 21.9 Å². The van der Waals surface area contributed by atoms with Crippen LogP contribution in [0.1, 0.15) is 64.6 Å². The highest BCUT2D eigenvalue weighted by molar-refractivity contribution is 7.89. The standard InChI is InChI=1S/C24H33N3O4S/c1-17(2)27(23(28)31-24(4,5)6)22-14-11-19(16-25-22)21-8-7-15-26(21)32(29,30)20-12-9-18(3)10-13-20/h9-14,16-17,21H,7-8,15H2,1-6H3. The monoisotopic (exact) mass is 459 g/mol. The van der Waals surface area contributed by atoms with Gasteiger partial charge in [0.05, 0.1) is 10.9 Å². The molecule has 0 spiro atoms. The lowest BCUT2D eigenvalue weighted by molar-refractivity contribution is 0.0569. The summed E-state index contributed by atoms with van der Waals surface area (Å²) in [5, 5.41) is 0. The van der Waals surface area contributed by atoms with Crippen LogP contribution in [0.15, 0.2) is 47.5 Å². The van der Waals surface area contributed by atoms with Crippen molar-refractivity contribution in [3.8, 4) is 0 Å². The van der Waals surface area contributed by atoms with E-state index in [1.807, 2.05) is 59.7 Å². The molecule has 1 atom stereocenters. The SMILES string of the molecule is Cc1ccc(S(=O)(=O)N2CCCC2c2ccc(N(C(=O)OC(C)(C)C)C(C)C)nc2)cc1.